The molecule has 1 aromatic rings. The van der Waals surface area contributed by atoms with Gasteiger partial charge >= 0.3 is 0 Å². The molecule has 106 valence electrons. The lowest BCUT2D eigenvalue weighted by molar-refractivity contribution is 0.170. The molecule has 19 heavy (non-hydrogen) atoms. The van der Waals surface area contributed by atoms with Gasteiger partial charge in [-0.25, -0.2) is 0 Å². The van der Waals surface area contributed by atoms with E-state index in [-0.39, 0.29) is 0 Å². The molecule has 2 atom stereocenters. The van der Waals surface area contributed by atoms with Crippen molar-refractivity contribution >= 4 is 0 Å². The van der Waals surface area contributed by atoms with Crippen LogP contribution in [0.25, 0.3) is 0 Å². The summed E-state index contributed by atoms with van der Waals surface area (Å²) in [6, 6.07) is 6.89. The highest BCUT2D eigenvalue weighted by molar-refractivity contribution is 5.03. The number of aromatic nitrogens is 1. The van der Waals surface area contributed by atoms with E-state index >= 15 is 0 Å². The fourth-order valence-electron chi connectivity index (χ4n) is 3.16. The maximum absolute atomic E-state index is 4.44. The second-order valence-electron chi connectivity index (χ2n) is 5.59. The molecule has 0 bridgehead atoms. The third kappa shape index (κ3) is 4.29. The summed E-state index contributed by atoms with van der Waals surface area (Å²) in [7, 11) is 2.11. The van der Waals surface area contributed by atoms with Gasteiger partial charge in [-0.15, -0.1) is 0 Å². The quantitative estimate of drug-likeness (QED) is 0.853. The molecule has 1 heterocycles. The van der Waals surface area contributed by atoms with Crippen LogP contribution < -0.4 is 5.32 Å². The lowest BCUT2D eigenvalue weighted by Crippen LogP contribution is -2.42. The topological polar surface area (TPSA) is 28.2 Å². The second kappa shape index (κ2) is 7.61. The number of rotatable bonds is 6. The third-order valence-corrected chi connectivity index (χ3v) is 4.33. The summed E-state index contributed by atoms with van der Waals surface area (Å²) in [6.07, 6.45) is 7.37. The van der Waals surface area contributed by atoms with Crippen LogP contribution in [0.5, 0.6) is 0 Å². The zero-order chi connectivity index (χ0) is 13.5. The molecule has 1 aliphatic rings. The fourth-order valence-corrected chi connectivity index (χ4v) is 3.16. The molecule has 1 saturated carbocycles. The number of nitrogens with zero attached hydrogens (tertiary/aromatic N) is 2. The summed E-state index contributed by atoms with van der Waals surface area (Å²) in [5.74, 6) is 0.794. The molecule has 0 amide bonds. The van der Waals surface area contributed by atoms with Gasteiger partial charge in [0.15, 0.2) is 0 Å². The molecule has 0 spiro atoms. The molecule has 0 aliphatic heterocycles. The van der Waals surface area contributed by atoms with E-state index in [1.54, 1.807) is 0 Å². The smallest absolute Gasteiger partial charge is 0.0543 e. The van der Waals surface area contributed by atoms with E-state index in [1.807, 2.05) is 12.3 Å². The number of nitrogens with one attached hydrogen (secondary N) is 1. The first-order valence-electron chi connectivity index (χ1n) is 7.63. The van der Waals surface area contributed by atoms with Crippen LogP contribution in [0, 0.1) is 5.92 Å². The Balaban J connectivity index is 1.90. The lowest BCUT2D eigenvalue weighted by Gasteiger charge is -2.35. The highest BCUT2D eigenvalue weighted by Crippen LogP contribution is 2.25. The fraction of sp³-hybridized carbons (Fsp3) is 0.688. The van der Waals surface area contributed by atoms with Gasteiger partial charge in [0.1, 0.15) is 0 Å². The van der Waals surface area contributed by atoms with E-state index in [0.717, 1.165) is 19.0 Å². The van der Waals surface area contributed by atoms with Gasteiger partial charge in [-0.3, -0.25) is 9.88 Å². The van der Waals surface area contributed by atoms with Crippen LogP contribution >= 0.6 is 0 Å². The Hall–Kier alpha value is -0.930. The molecular formula is C16H27N3. The highest BCUT2D eigenvalue weighted by atomic mass is 15.1. The molecule has 0 saturated heterocycles. The molecule has 1 fully saturated rings. The van der Waals surface area contributed by atoms with Gasteiger partial charge in [-0.1, -0.05) is 25.8 Å². The van der Waals surface area contributed by atoms with E-state index in [9.17, 15) is 0 Å². The maximum atomic E-state index is 4.44. The van der Waals surface area contributed by atoms with E-state index in [1.165, 1.54) is 37.9 Å². The minimum Gasteiger partial charge on any atom is -0.317 e. The Morgan fingerprint density at radius 2 is 2.16 bits per heavy atom. The summed E-state index contributed by atoms with van der Waals surface area (Å²) in [5.41, 5.74) is 1.18. The van der Waals surface area contributed by atoms with Crippen LogP contribution in [-0.2, 0) is 6.54 Å². The predicted octanol–water partition coefficient (Wildman–Crippen LogP) is 2.68. The van der Waals surface area contributed by atoms with Crippen molar-refractivity contribution in [3.8, 4) is 0 Å². The first kappa shape index (κ1) is 14.5. The molecule has 1 aromatic heterocycles. The van der Waals surface area contributed by atoms with Crippen LogP contribution in [-0.4, -0.2) is 36.1 Å². The van der Waals surface area contributed by atoms with Crippen molar-refractivity contribution in [2.75, 3.05) is 20.1 Å². The van der Waals surface area contributed by atoms with E-state index in [4.69, 9.17) is 0 Å². The number of hydrogen-bond donors (Lipinski definition) is 1. The van der Waals surface area contributed by atoms with Gasteiger partial charge in [0.05, 0.1) is 5.69 Å². The Kier molecular flexibility index (Phi) is 5.80. The second-order valence-corrected chi connectivity index (χ2v) is 5.59. The van der Waals surface area contributed by atoms with Crippen molar-refractivity contribution in [1.29, 1.82) is 0 Å². The average Bonchev–Trinajstić information content (AvgIpc) is 2.48. The number of pyridine rings is 1. The SMILES string of the molecule is CCN(Cc1ccccn1)CC1CCCCC1NC. The van der Waals surface area contributed by atoms with Crippen molar-refractivity contribution in [2.24, 2.45) is 5.92 Å². The van der Waals surface area contributed by atoms with Gasteiger partial charge in [-0.2, -0.15) is 0 Å². The van der Waals surface area contributed by atoms with Crippen LogP contribution in [0.3, 0.4) is 0 Å². The third-order valence-electron chi connectivity index (χ3n) is 4.33. The van der Waals surface area contributed by atoms with Gasteiger partial charge in [0.2, 0.25) is 0 Å². The highest BCUT2D eigenvalue weighted by Gasteiger charge is 2.25. The number of hydrogen-bond acceptors (Lipinski definition) is 3. The van der Waals surface area contributed by atoms with Gasteiger partial charge in [0, 0.05) is 25.3 Å². The van der Waals surface area contributed by atoms with Crippen molar-refractivity contribution < 1.29 is 0 Å². The van der Waals surface area contributed by atoms with Crippen molar-refractivity contribution in [1.82, 2.24) is 15.2 Å². The minimum absolute atomic E-state index is 0.700. The summed E-state index contributed by atoms with van der Waals surface area (Å²) in [5, 5.41) is 3.51. The molecule has 2 rings (SSSR count). The maximum Gasteiger partial charge on any atom is 0.0543 e. The summed E-state index contributed by atoms with van der Waals surface area (Å²) < 4.78 is 0. The first-order valence-corrected chi connectivity index (χ1v) is 7.63. The van der Waals surface area contributed by atoms with Crippen LogP contribution in [0.4, 0.5) is 0 Å². The van der Waals surface area contributed by atoms with Crippen LogP contribution in [0.2, 0.25) is 0 Å². The molecular weight excluding hydrogens is 234 g/mol. The summed E-state index contributed by atoms with van der Waals surface area (Å²) in [4.78, 5) is 6.97. The zero-order valence-electron chi connectivity index (χ0n) is 12.3. The molecule has 0 aromatic carbocycles. The van der Waals surface area contributed by atoms with Gasteiger partial charge in [0.25, 0.3) is 0 Å². The first-order chi connectivity index (χ1) is 9.33. The Morgan fingerprint density at radius 3 is 2.84 bits per heavy atom. The normalized spacial score (nSPS) is 23.7. The van der Waals surface area contributed by atoms with Gasteiger partial charge in [-0.05, 0) is 44.5 Å². The molecule has 2 unspecified atom stereocenters. The summed E-state index contributed by atoms with van der Waals surface area (Å²) >= 11 is 0. The minimum atomic E-state index is 0.700. The van der Waals surface area contributed by atoms with E-state index in [2.05, 4.69) is 41.3 Å². The lowest BCUT2D eigenvalue weighted by atomic mass is 9.84. The van der Waals surface area contributed by atoms with Gasteiger partial charge < -0.3 is 5.32 Å². The van der Waals surface area contributed by atoms with Crippen molar-refractivity contribution in [2.45, 2.75) is 45.2 Å². The summed E-state index contributed by atoms with van der Waals surface area (Å²) in [6.45, 7) is 5.52. The molecule has 3 nitrogen and oxygen atoms in total. The largest absolute Gasteiger partial charge is 0.317 e. The molecule has 1 aliphatic carbocycles. The molecule has 0 radical (unpaired) electrons. The zero-order valence-corrected chi connectivity index (χ0v) is 12.3. The standard InChI is InChI=1S/C16H27N3/c1-3-19(13-15-9-6-7-11-18-15)12-14-8-4-5-10-16(14)17-2/h6-7,9,11,14,16-17H,3-5,8,10,12-13H2,1-2H3. The Morgan fingerprint density at radius 1 is 1.32 bits per heavy atom. The monoisotopic (exact) mass is 261 g/mol. The van der Waals surface area contributed by atoms with Crippen molar-refractivity contribution in [3.05, 3.63) is 30.1 Å². The Bertz CT molecular complexity index is 352. The van der Waals surface area contributed by atoms with E-state index < -0.39 is 0 Å². The van der Waals surface area contributed by atoms with Crippen LogP contribution in [0.15, 0.2) is 24.4 Å². The molecule has 3 heteroatoms. The predicted molar refractivity (Wildman–Crippen MR) is 80.0 cm³/mol. The van der Waals surface area contributed by atoms with Crippen LogP contribution in [0.1, 0.15) is 38.3 Å². The van der Waals surface area contributed by atoms with Crippen molar-refractivity contribution in [3.63, 3.8) is 0 Å². The Labute approximate surface area is 117 Å². The average molecular weight is 261 g/mol. The molecule has 1 N–H and O–H groups in total. The van der Waals surface area contributed by atoms with E-state index in [0.29, 0.717) is 6.04 Å².